The third-order valence-corrected chi connectivity index (χ3v) is 6.90. The fourth-order valence-corrected chi connectivity index (χ4v) is 4.68. The maximum atomic E-state index is 13.4. The molecule has 0 saturated carbocycles. The van der Waals surface area contributed by atoms with Crippen molar-refractivity contribution in [2.45, 2.75) is 40.3 Å². The summed E-state index contributed by atoms with van der Waals surface area (Å²) in [6.07, 6.45) is 1.08. The van der Waals surface area contributed by atoms with Crippen LogP contribution < -0.4 is 9.62 Å². The quantitative estimate of drug-likeness (QED) is 0.545. The number of aryl methyl sites for hydroxylation is 1. The Kier molecular flexibility index (Phi) is 8.86. The predicted octanol–water partition coefficient (Wildman–Crippen LogP) is 3.39. The largest absolute Gasteiger partial charge is 0.355 e. The monoisotopic (exact) mass is 523 g/mol. The zero-order chi connectivity index (χ0) is 24.1. The van der Waals surface area contributed by atoms with E-state index in [4.69, 9.17) is 0 Å². The third-order valence-electron chi connectivity index (χ3n) is 5.28. The Labute approximate surface area is 199 Å². The Balaban J connectivity index is 2.43. The first-order chi connectivity index (χ1) is 15.0. The molecule has 0 aliphatic carbocycles. The zero-order valence-electron chi connectivity index (χ0n) is 19.1. The van der Waals surface area contributed by atoms with Crippen LogP contribution in [-0.2, 0) is 26.2 Å². The van der Waals surface area contributed by atoms with Gasteiger partial charge in [0.2, 0.25) is 21.8 Å². The second-order valence-electron chi connectivity index (χ2n) is 7.71. The number of nitrogens with zero attached hydrogens (tertiary/aromatic N) is 2. The van der Waals surface area contributed by atoms with Crippen LogP contribution in [0.5, 0.6) is 0 Å². The number of likely N-dealkylation sites (N-methyl/N-ethyl adjacent to an activating group) is 1. The van der Waals surface area contributed by atoms with Crippen molar-refractivity contribution in [2.24, 2.45) is 0 Å². The Hall–Kier alpha value is -2.39. The molecule has 0 bridgehead atoms. The summed E-state index contributed by atoms with van der Waals surface area (Å²) in [5.41, 5.74) is 2.97. The van der Waals surface area contributed by atoms with Crippen LogP contribution in [0.3, 0.4) is 0 Å². The lowest BCUT2D eigenvalue weighted by atomic mass is 10.1. The number of anilines is 1. The van der Waals surface area contributed by atoms with E-state index in [1.54, 1.807) is 26.0 Å². The first-order valence-corrected chi connectivity index (χ1v) is 12.9. The highest BCUT2D eigenvalue weighted by atomic mass is 79.9. The molecule has 9 heteroatoms. The van der Waals surface area contributed by atoms with Gasteiger partial charge in [-0.2, -0.15) is 0 Å². The van der Waals surface area contributed by atoms with Crippen LogP contribution in [0.4, 0.5) is 5.69 Å². The number of carbonyl (C=O) groups excluding carboxylic acids is 2. The number of carbonyl (C=O) groups is 2. The summed E-state index contributed by atoms with van der Waals surface area (Å²) in [6, 6.07) is 12.0. The van der Waals surface area contributed by atoms with Gasteiger partial charge in [-0.25, -0.2) is 8.42 Å². The molecule has 2 amide bonds. The van der Waals surface area contributed by atoms with Gasteiger partial charge in [0, 0.05) is 17.6 Å². The van der Waals surface area contributed by atoms with E-state index < -0.39 is 28.5 Å². The van der Waals surface area contributed by atoms with Gasteiger partial charge in [-0.3, -0.25) is 13.9 Å². The molecule has 7 nitrogen and oxygen atoms in total. The minimum atomic E-state index is -3.74. The molecule has 0 fully saturated rings. The molecule has 1 N–H and O–H groups in total. The molecule has 0 radical (unpaired) electrons. The molecular weight excluding hydrogens is 494 g/mol. The number of hydrogen-bond donors (Lipinski definition) is 1. The van der Waals surface area contributed by atoms with Crippen molar-refractivity contribution in [1.82, 2.24) is 10.2 Å². The third kappa shape index (κ3) is 6.56. The van der Waals surface area contributed by atoms with Gasteiger partial charge in [0.05, 0.1) is 11.9 Å². The van der Waals surface area contributed by atoms with E-state index in [2.05, 4.69) is 21.2 Å². The molecule has 0 aromatic heterocycles. The maximum Gasteiger partial charge on any atom is 0.244 e. The molecule has 2 rings (SSSR count). The van der Waals surface area contributed by atoms with Gasteiger partial charge in [0.1, 0.15) is 12.6 Å². The number of hydrogen-bond acceptors (Lipinski definition) is 4. The first kappa shape index (κ1) is 25.9. The summed E-state index contributed by atoms with van der Waals surface area (Å²) >= 11 is 3.42. The number of nitrogens with one attached hydrogen (secondary N) is 1. The van der Waals surface area contributed by atoms with E-state index in [9.17, 15) is 18.0 Å². The molecular formula is C23H30BrN3O4S. The lowest BCUT2D eigenvalue weighted by Crippen LogP contribution is -2.51. The average Bonchev–Trinajstić information content (AvgIpc) is 2.71. The number of sulfonamides is 1. The molecule has 0 saturated heterocycles. The topological polar surface area (TPSA) is 86.8 Å². The summed E-state index contributed by atoms with van der Waals surface area (Å²) in [7, 11) is -3.74. The van der Waals surface area contributed by atoms with E-state index in [-0.39, 0.29) is 12.5 Å². The van der Waals surface area contributed by atoms with Gasteiger partial charge < -0.3 is 10.2 Å². The second kappa shape index (κ2) is 11.0. The van der Waals surface area contributed by atoms with Crippen molar-refractivity contribution >= 4 is 43.5 Å². The number of halogens is 1. The van der Waals surface area contributed by atoms with Crippen molar-refractivity contribution in [1.29, 1.82) is 0 Å². The van der Waals surface area contributed by atoms with Crippen molar-refractivity contribution in [3.63, 3.8) is 0 Å². The van der Waals surface area contributed by atoms with Crippen LogP contribution in [0.2, 0.25) is 0 Å². The van der Waals surface area contributed by atoms with Gasteiger partial charge in [0.15, 0.2) is 0 Å². The van der Waals surface area contributed by atoms with Crippen LogP contribution in [0.1, 0.15) is 30.5 Å². The Morgan fingerprint density at radius 2 is 1.78 bits per heavy atom. The highest BCUT2D eigenvalue weighted by Crippen LogP contribution is 2.25. The van der Waals surface area contributed by atoms with Crippen molar-refractivity contribution in [3.05, 3.63) is 63.6 Å². The summed E-state index contributed by atoms with van der Waals surface area (Å²) in [4.78, 5) is 27.4. The maximum absolute atomic E-state index is 13.4. The van der Waals surface area contributed by atoms with Crippen LogP contribution >= 0.6 is 15.9 Å². The molecule has 1 atom stereocenters. The van der Waals surface area contributed by atoms with Crippen molar-refractivity contribution < 1.29 is 18.0 Å². The van der Waals surface area contributed by atoms with E-state index in [0.717, 1.165) is 31.7 Å². The predicted molar refractivity (Wildman–Crippen MR) is 131 cm³/mol. The Morgan fingerprint density at radius 1 is 1.12 bits per heavy atom. The average molecular weight is 524 g/mol. The number of benzene rings is 2. The van der Waals surface area contributed by atoms with Crippen LogP contribution in [0.25, 0.3) is 0 Å². The fourth-order valence-electron chi connectivity index (χ4n) is 3.34. The number of rotatable bonds is 9. The van der Waals surface area contributed by atoms with Gasteiger partial charge in [-0.1, -0.05) is 40.2 Å². The minimum Gasteiger partial charge on any atom is -0.355 e. The summed E-state index contributed by atoms with van der Waals surface area (Å²) in [5.74, 6) is -0.761. The smallest absolute Gasteiger partial charge is 0.244 e. The van der Waals surface area contributed by atoms with Crippen LogP contribution in [0.15, 0.2) is 46.9 Å². The Morgan fingerprint density at radius 3 is 2.38 bits per heavy atom. The number of amides is 2. The fraction of sp³-hybridized carbons (Fsp3) is 0.391. The highest BCUT2D eigenvalue weighted by molar-refractivity contribution is 9.10. The zero-order valence-corrected chi connectivity index (χ0v) is 21.5. The van der Waals surface area contributed by atoms with Crippen molar-refractivity contribution in [3.8, 4) is 0 Å². The van der Waals surface area contributed by atoms with Crippen LogP contribution in [0, 0.1) is 13.8 Å². The summed E-state index contributed by atoms with van der Waals surface area (Å²) in [6.45, 7) is 7.35. The molecule has 0 heterocycles. The van der Waals surface area contributed by atoms with Gasteiger partial charge in [0.25, 0.3) is 0 Å². The van der Waals surface area contributed by atoms with Gasteiger partial charge in [-0.15, -0.1) is 0 Å². The second-order valence-corrected chi connectivity index (χ2v) is 10.5. The van der Waals surface area contributed by atoms with Gasteiger partial charge in [-0.05, 0) is 62.6 Å². The lowest BCUT2D eigenvalue weighted by molar-refractivity contribution is -0.139. The first-order valence-electron chi connectivity index (χ1n) is 10.3. The normalized spacial score (nSPS) is 12.2. The molecule has 0 spiro atoms. The summed E-state index contributed by atoms with van der Waals surface area (Å²) in [5, 5.41) is 2.74. The van der Waals surface area contributed by atoms with Crippen molar-refractivity contribution in [2.75, 3.05) is 23.7 Å². The van der Waals surface area contributed by atoms with E-state index in [0.29, 0.717) is 12.2 Å². The molecule has 2 aromatic rings. The molecule has 32 heavy (non-hydrogen) atoms. The Bertz CT molecular complexity index is 1090. The molecule has 2 aromatic carbocycles. The minimum absolute atomic E-state index is 0.168. The van der Waals surface area contributed by atoms with Crippen LogP contribution in [-0.4, -0.2) is 50.5 Å². The molecule has 0 aliphatic rings. The SMILES string of the molecule is CCNC(=O)[C@H](C)N(Cc1cccc(Br)c1)C(=O)CN(c1cccc(C)c1C)S(C)(=O)=O. The molecule has 0 unspecified atom stereocenters. The molecule has 174 valence electrons. The van der Waals surface area contributed by atoms with Gasteiger partial charge >= 0.3 is 0 Å². The highest BCUT2D eigenvalue weighted by Gasteiger charge is 2.30. The summed E-state index contributed by atoms with van der Waals surface area (Å²) < 4.78 is 27.2. The standard InChI is InChI=1S/C23H30BrN3O4S/c1-6-25-23(29)18(4)26(14-19-10-8-11-20(24)13-19)22(28)15-27(32(5,30)31)21-12-7-9-16(2)17(21)3/h7-13,18H,6,14-15H2,1-5H3,(H,25,29)/t18-/m0/s1. The molecule has 0 aliphatic heterocycles. The van der Waals surface area contributed by atoms with E-state index in [1.807, 2.05) is 44.2 Å². The van der Waals surface area contributed by atoms with E-state index >= 15 is 0 Å². The van der Waals surface area contributed by atoms with E-state index in [1.165, 1.54) is 4.90 Å². The lowest BCUT2D eigenvalue weighted by Gasteiger charge is -2.32.